The van der Waals surface area contributed by atoms with E-state index in [1.807, 2.05) is 0 Å². The lowest BCUT2D eigenvalue weighted by molar-refractivity contribution is -0.125. The minimum Gasteiger partial charge on any atom is -0.443 e. The van der Waals surface area contributed by atoms with Crippen molar-refractivity contribution in [3.8, 4) is 0 Å². The van der Waals surface area contributed by atoms with Crippen LogP contribution in [0.4, 0.5) is 4.79 Å². The second-order valence-corrected chi connectivity index (χ2v) is 8.37. The van der Waals surface area contributed by atoms with Gasteiger partial charge in [0.05, 0.1) is 12.0 Å². The van der Waals surface area contributed by atoms with E-state index in [9.17, 15) is 19.2 Å². The molecule has 0 aliphatic carbocycles. The van der Waals surface area contributed by atoms with Crippen LogP contribution in [0.15, 0.2) is 72.8 Å². The van der Waals surface area contributed by atoms with Gasteiger partial charge in [0.1, 0.15) is 5.60 Å². The molecule has 0 radical (unpaired) electrons. The normalized spacial score (nSPS) is 16.8. The van der Waals surface area contributed by atoms with Crippen molar-refractivity contribution in [1.29, 1.82) is 0 Å². The van der Waals surface area contributed by atoms with Crippen LogP contribution in [-0.2, 0) is 9.53 Å². The average molecular weight is 419 g/mol. The first kappa shape index (κ1) is 22.2. The Bertz CT molecular complexity index is 1010. The molecule has 3 rings (SSSR count). The number of benzene rings is 2. The fourth-order valence-electron chi connectivity index (χ4n) is 3.46. The second-order valence-electron chi connectivity index (χ2n) is 8.37. The third-order valence-electron chi connectivity index (χ3n) is 4.87. The van der Waals surface area contributed by atoms with Crippen molar-refractivity contribution in [2.45, 2.75) is 38.8 Å². The van der Waals surface area contributed by atoms with Gasteiger partial charge in [0.25, 0.3) is 5.91 Å². The molecule has 0 saturated carbocycles. The summed E-state index contributed by atoms with van der Waals surface area (Å²) in [4.78, 5) is 52.5. The van der Waals surface area contributed by atoms with Gasteiger partial charge in [-0.15, -0.1) is 0 Å². The number of carbonyl (C=O) groups is 4. The van der Waals surface area contributed by atoms with Crippen molar-refractivity contribution in [2.24, 2.45) is 5.92 Å². The third-order valence-corrected chi connectivity index (χ3v) is 4.87. The minimum absolute atomic E-state index is 0.153. The zero-order valence-electron chi connectivity index (χ0n) is 17.8. The Morgan fingerprint density at radius 1 is 0.935 bits per heavy atom. The van der Waals surface area contributed by atoms with Gasteiger partial charge in [-0.3, -0.25) is 14.4 Å². The van der Waals surface area contributed by atoms with Crippen molar-refractivity contribution in [3.63, 3.8) is 0 Å². The van der Waals surface area contributed by atoms with Crippen LogP contribution in [0.2, 0.25) is 0 Å². The lowest BCUT2D eigenvalue weighted by Gasteiger charge is -2.31. The highest BCUT2D eigenvalue weighted by Crippen LogP contribution is 2.28. The highest BCUT2D eigenvalue weighted by molar-refractivity contribution is 6.07. The maximum Gasteiger partial charge on any atom is 0.417 e. The van der Waals surface area contributed by atoms with E-state index in [1.165, 1.54) is 12.2 Å². The summed E-state index contributed by atoms with van der Waals surface area (Å²) in [7, 11) is 0. The lowest BCUT2D eigenvalue weighted by atomic mass is 9.85. The van der Waals surface area contributed by atoms with Gasteiger partial charge in [0, 0.05) is 23.6 Å². The summed E-state index contributed by atoms with van der Waals surface area (Å²) in [6, 6.07) is 16.3. The van der Waals surface area contributed by atoms with Crippen molar-refractivity contribution in [2.75, 3.05) is 0 Å². The Hall–Kier alpha value is -3.54. The number of nitrogens with zero attached hydrogens (tertiary/aromatic N) is 1. The van der Waals surface area contributed by atoms with Crippen LogP contribution in [0.5, 0.6) is 0 Å². The standard InChI is InChI=1S/C25H25NO5/c1-25(2,3)31-24(30)26-20(14-15-22(26)28)19(23(29)18-12-8-5-9-13-18)16-21(27)17-10-6-4-7-11-17/h4-15,19-20H,16H2,1-3H3/t19-,20-/m1/s1. The van der Waals surface area contributed by atoms with Gasteiger partial charge in [0.2, 0.25) is 0 Å². The van der Waals surface area contributed by atoms with Crippen LogP contribution in [0.25, 0.3) is 0 Å². The van der Waals surface area contributed by atoms with E-state index in [0.717, 1.165) is 4.90 Å². The summed E-state index contributed by atoms with van der Waals surface area (Å²) in [5.74, 6) is -2.07. The van der Waals surface area contributed by atoms with Crippen LogP contribution >= 0.6 is 0 Å². The molecule has 0 N–H and O–H groups in total. The molecule has 2 aromatic carbocycles. The number of ether oxygens (including phenoxy) is 1. The number of ketones is 2. The number of carbonyl (C=O) groups excluding carboxylic acids is 4. The largest absolute Gasteiger partial charge is 0.443 e. The maximum absolute atomic E-state index is 13.4. The van der Waals surface area contributed by atoms with Crippen molar-refractivity contribution < 1.29 is 23.9 Å². The minimum atomic E-state index is -0.940. The van der Waals surface area contributed by atoms with Crippen LogP contribution in [0.1, 0.15) is 47.9 Å². The fourth-order valence-corrected chi connectivity index (χ4v) is 3.46. The molecule has 0 saturated heterocycles. The smallest absolute Gasteiger partial charge is 0.417 e. The van der Waals surface area contributed by atoms with Gasteiger partial charge in [0.15, 0.2) is 11.6 Å². The first-order valence-corrected chi connectivity index (χ1v) is 10.1. The molecular weight excluding hydrogens is 394 g/mol. The second kappa shape index (κ2) is 9.08. The number of amides is 2. The van der Waals surface area contributed by atoms with Crippen LogP contribution < -0.4 is 0 Å². The highest BCUT2D eigenvalue weighted by atomic mass is 16.6. The van der Waals surface area contributed by atoms with E-state index in [1.54, 1.807) is 81.4 Å². The summed E-state index contributed by atoms with van der Waals surface area (Å²) in [6.07, 6.45) is 1.74. The molecule has 31 heavy (non-hydrogen) atoms. The molecule has 0 aromatic heterocycles. The van der Waals surface area contributed by atoms with E-state index in [2.05, 4.69) is 0 Å². The Balaban J connectivity index is 1.95. The molecule has 2 aromatic rings. The van der Waals surface area contributed by atoms with E-state index in [4.69, 9.17) is 4.74 Å². The van der Waals surface area contributed by atoms with Gasteiger partial charge >= 0.3 is 6.09 Å². The molecule has 2 atom stereocenters. The predicted octanol–water partition coefficient (Wildman–Crippen LogP) is 4.46. The number of rotatable bonds is 6. The number of hydrogen-bond donors (Lipinski definition) is 0. The van der Waals surface area contributed by atoms with E-state index in [0.29, 0.717) is 11.1 Å². The molecule has 6 heteroatoms. The Kier molecular flexibility index (Phi) is 6.49. The molecule has 6 nitrogen and oxygen atoms in total. The number of imide groups is 1. The summed E-state index contributed by atoms with van der Waals surface area (Å²) < 4.78 is 5.38. The quantitative estimate of drug-likeness (QED) is 0.646. The number of Topliss-reactive ketones (excluding diaryl/α,β-unsaturated/α-hetero) is 2. The summed E-state index contributed by atoms with van der Waals surface area (Å²) in [6.45, 7) is 5.08. The zero-order chi connectivity index (χ0) is 22.6. The fraction of sp³-hybridized carbons (Fsp3) is 0.280. The third kappa shape index (κ3) is 5.34. The molecule has 0 spiro atoms. The van der Waals surface area contributed by atoms with Crippen molar-refractivity contribution in [3.05, 3.63) is 83.9 Å². The summed E-state index contributed by atoms with van der Waals surface area (Å²) in [5, 5.41) is 0. The van der Waals surface area contributed by atoms with Gasteiger partial charge in [-0.25, -0.2) is 9.69 Å². The molecular formula is C25H25NO5. The van der Waals surface area contributed by atoms with Crippen molar-refractivity contribution >= 4 is 23.6 Å². The topological polar surface area (TPSA) is 80.8 Å². The number of hydrogen-bond acceptors (Lipinski definition) is 5. The first-order valence-electron chi connectivity index (χ1n) is 10.1. The molecule has 1 aliphatic heterocycles. The van der Waals surface area contributed by atoms with Gasteiger partial charge in [-0.2, -0.15) is 0 Å². The Morgan fingerprint density at radius 2 is 1.48 bits per heavy atom. The predicted molar refractivity (Wildman–Crippen MR) is 116 cm³/mol. The molecule has 2 amide bonds. The molecule has 1 aliphatic rings. The van der Waals surface area contributed by atoms with Crippen LogP contribution in [0.3, 0.4) is 0 Å². The molecule has 0 unspecified atom stereocenters. The van der Waals surface area contributed by atoms with E-state index >= 15 is 0 Å². The molecule has 0 bridgehead atoms. The van der Waals surface area contributed by atoms with E-state index < -0.39 is 29.6 Å². The summed E-state index contributed by atoms with van der Waals surface area (Å²) >= 11 is 0. The van der Waals surface area contributed by atoms with Crippen LogP contribution in [-0.4, -0.2) is 40.1 Å². The average Bonchev–Trinajstić information content (AvgIpc) is 3.12. The van der Waals surface area contributed by atoms with Crippen molar-refractivity contribution in [1.82, 2.24) is 4.90 Å². The van der Waals surface area contributed by atoms with Gasteiger partial charge < -0.3 is 4.74 Å². The maximum atomic E-state index is 13.4. The SMILES string of the molecule is CC(C)(C)OC(=O)N1C(=O)C=C[C@@H]1[C@@H](CC(=O)c1ccccc1)C(=O)c1ccccc1. The monoisotopic (exact) mass is 419 g/mol. The van der Waals surface area contributed by atoms with Gasteiger partial charge in [-0.05, 0) is 20.8 Å². The molecule has 160 valence electrons. The van der Waals surface area contributed by atoms with Gasteiger partial charge in [-0.1, -0.05) is 66.7 Å². The Morgan fingerprint density at radius 3 is 2.03 bits per heavy atom. The lowest BCUT2D eigenvalue weighted by Crippen LogP contribution is -2.48. The summed E-state index contributed by atoms with van der Waals surface area (Å²) in [5.41, 5.74) is 0.0549. The van der Waals surface area contributed by atoms with Crippen LogP contribution in [0, 0.1) is 5.92 Å². The molecule has 1 heterocycles. The highest BCUT2D eigenvalue weighted by Gasteiger charge is 2.42. The molecule has 0 fully saturated rings. The van der Waals surface area contributed by atoms with E-state index in [-0.39, 0.29) is 18.0 Å². The zero-order valence-corrected chi connectivity index (χ0v) is 17.8. The Labute approximate surface area is 181 Å². The first-order chi connectivity index (χ1) is 14.7.